The van der Waals surface area contributed by atoms with Gasteiger partial charge in [0, 0.05) is 36.6 Å². The summed E-state index contributed by atoms with van der Waals surface area (Å²) >= 11 is 1.71. The molecule has 0 spiro atoms. The van der Waals surface area contributed by atoms with Gasteiger partial charge in [0.15, 0.2) is 0 Å². The zero-order valence-electron chi connectivity index (χ0n) is 14.2. The maximum Gasteiger partial charge on any atom is 0.144 e. The van der Waals surface area contributed by atoms with Crippen LogP contribution in [0.15, 0.2) is 41.8 Å². The van der Waals surface area contributed by atoms with E-state index >= 15 is 0 Å². The minimum atomic E-state index is -0.352. The van der Waals surface area contributed by atoms with Gasteiger partial charge < -0.3 is 15.3 Å². The molecule has 2 fully saturated rings. The number of aliphatic hydroxyl groups excluding tert-OH is 1. The first-order chi connectivity index (χ1) is 12.2. The van der Waals surface area contributed by atoms with Gasteiger partial charge in [-0.05, 0) is 43.1 Å². The number of aromatic nitrogens is 3. The molecule has 0 radical (unpaired) electrons. The third-order valence-electron chi connectivity index (χ3n) is 5.32. The molecule has 2 aromatic heterocycles. The Balaban J connectivity index is 1.42. The number of aliphatic hydroxyl groups is 1. The first kappa shape index (κ1) is 16.6. The third-order valence-corrected chi connectivity index (χ3v) is 6.03. The molecule has 4 rings (SSSR count). The monoisotopic (exact) mass is 357 g/mol. The van der Waals surface area contributed by atoms with E-state index in [4.69, 9.17) is 0 Å². The molecular formula is C18H23N5OS. The van der Waals surface area contributed by atoms with Crippen molar-refractivity contribution >= 4 is 23.4 Å². The molecule has 0 bridgehead atoms. The third kappa shape index (κ3) is 3.57. The SMILES string of the molecule is CSc1ccc(N2C[C@H]3C[C@@H](Nc4cnccn4)[C@H](O)C[C@H]3C2)nc1. The molecule has 3 heterocycles. The lowest BCUT2D eigenvalue weighted by molar-refractivity contribution is 0.0737. The average Bonchev–Trinajstić information content (AvgIpc) is 3.05. The van der Waals surface area contributed by atoms with Crippen LogP contribution in [0.4, 0.5) is 11.6 Å². The Bertz CT molecular complexity index is 698. The number of fused-ring (bicyclic) bond motifs is 1. The van der Waals surface area contributed by atoms with Crippen molar-refractivity contribution in [2.75, 3.05) is 29.6 Å². The lowest BCUT2D eigenvalue weighted by Crippen LogP contribution is -2.43. The highest BCUT2D eigenvalue weighted by Crippen LogP contribution is 2.38. The van der Waals surface area contributed by atoms with Crippen LogP contribution in [0.2, 0.25) is 0 Å². The second kappa shape index (κ2) is 7.17. The molecule has 1 saturated heterocycles. The number of anilines is 2. The largest absolute Gasteiger partial charge is 0.391 e. The summed E-state index contributed by atoms with van der Waals surface area (Å²) in [7, 11) is 0. The Morgan fingerprint density at radius 1 is 1.12 bits per heavy atom. The van der Waals surface area contributed by atoms with Gasteiger partial charge in [-0.15, -0.1) is 11.8 Å². The predicted molar refractivity (Wildman–Crippen MR) is 99.9 cm³/mol. The number of hydrogen-bond donors (Lipinski definition) is 2. The van der Waals surface area contributed by atoms with E-state index in [-0.39, 0.29) is 12.1 Å². The molecule has 2 aromatic rings. The molecule has 2 N–H and O–H groups in total. The van der Waals surface area contributed by atoms with E-state index in [9.17, 15) is 5.11 Å². The van der Waals surface area contributed by atoms with Crippen molar-refractivity contribution in [3.8, 4) is 0 Å². The summed E-state index contributed by atoms with van der Waals surface area (Å²) in [5.41, 5.74) is 0. The fourth-order valence-corrected chi connectivity index (χ4v) is 4.38. The fourth-order valence-electron chi connectivity index (χ4n) is 4.02. The van der Waals surface area contributed by atoms with Crippen LogP contribution in [0, 0.1) is 11.8 Å². The number of nitrogens with zero attached hydrogens (tertiary/aromatic N) is 4. The minimum absolute atomic E-state index is 0.0322. The Morgan fingerprint density at radius 2 is 1.96 bits per heavy atom. The zero-order valence-corrected chi connectivity index (χ0v) is 15.1. The van der Waals surface area contributed by atoms with E-state index < -0.39 is 0 Å². The maximum absolute atomic E-state index is 10.6. The zero-order chi connectivity index (χ0) is 17.2. The average molecular weight is 357 g/mol. The topological polar surface area (TPSA) is 74.2 Å². The van der Waals surface area contributed by atoms with Gasteiger partial charge in [-0.25, -0.2) is 9.97 Å². The van der Waals surface area contributed by atoms with Gasteiger partial charge in [-0.3, -0.25) is 4.98 Å². The van der Waals surface area contributed by atoms with Crippen molar-refractivity contribution in [3.63, 3.8) is 0 Å². The van der Waals surface area contributed by atoms with E-state index in [1.165, 1.54) is 4.90 Å². The normalized spacial score (nSPS) is 28.6. The van der Waals surface area contributed by atoms with Crippen LogP contribution in [-0.2, 0) is 0 Å². The van der Waals surface area contributed by atoms with Crippen molar-refractivity contribution in [2.45, 2.75) is 29.9 Å². The Kier molecular flexibility index (Phi) is 4.76. The first-order valence-electron chi connectivity index (χ1n) is 8.68. The van der Waals surface area contributed by atoms with Crippen molar-refractivity contribution in [1.82, 2.24) is 15.0 Å². The van der Waals surface area contributed by atoms with E-state index in [0.717, 1.165) is 37.6 Å². The van der Waals surface area contributed by atoms with E-state index in [1.807, 2.05) is 6.20 Å². The van der Waals surface area contributed by atoms with Crippen LogP contribution >= 0.6 is 11.8 Å². The lowest BCUT2D eigenvalue weighted by Gasteiger charge is -2.35. The molecule has 0 amide bonds. The van der Waals surface area contributed by atoms with Gasteiger partial charge in [0.2, 0.25) is 0 Å². The molecule has 4 atom stereocenters. The van der Waals surface area contributed by atoms with Crippen LogP contribution in [0.1, 0.15) is 12.8 Å². The Labute approximate surface area is 152 Å². The lowest BCUT2D eigenvalue weighted by atomic mass is 9.77. The van der Waals surface area contributed by atoms with Gasteiger partial charge in [-0.2, -0.15) is 0 Å². The standard InChI is InChI=1S/C18H23N5OS/c1-25-14-2-3-18(21-8-14)23-10-12-6-15(16(24)7-13(12)11-23)22-17-9-19-4-5-20-17/h2-5,8-9,12-13,15-16,24H,6-7,10-11H2,1H3,(H,20,22)/t12-,13+,15-,16-/m1/s1. The van der Waals surface area contributed by atoms with E-state index in [2.05, 4.69) is 43.6 Å². The maximum atomic E-state index is 10.6. The van der Waals surface area contributed by atoms with Crippen LogP contribution < -0.4 is 10.2 Å². The van der Waals surface area contributed by atoms with Gasteiger partial charge in [-0.1, -0.05) is 0 Å². The second-order valence-corrected chi connectivity index (χ2v) is 7.74. The van der Waals surface area contributed by atoms with Gasteiger partial charge >= 0.3 is 0 Å². The molecule has 7 heteroatoms. The minimum Gasteiger partial charge on any atom is -0.391 e. The Hall–Kier alpha value is -1.86. The van der Waals surface area contributed by atoms with Crippen LogP contribution in [0.5, 0.6) is 0 Å². The highest BCUT2D eigenvalue weighted by atomic mass is 32.2. The fraction of sp³-hybridized carbons (Fsp3) is 0.500. The van der Waals surface area contributed by atoms with Gasteiger partial charge in [0.25, 0.3) is 0 Å². The molecule has 1 aliphatic heterocycles. The summed E-state index contributed by atoms with van der Waals surface area (Å²) in [5, 5.41) is 13.9. The summed E-state index contributed by atoms with van der Waals surface area (Å²) in [6, 6.07) is 4.27. The smallest absolute Gasteiger partial charge is 0.144 e. The van der Waals surface area contributed by atoms with Crippen molar-refractivity contribution < 1.29 is 5.11 Å². The second-order valence-electron chi connectivity index (χ2n) is 6.86. The molecule has 1 aliphatic carbocycles. The number of nitrogens with one attached hydrogen (secondary N) is 1. The highest BCUT2D eigenvalue weighted by molar-refractivity contribution is 7.98. The summed E-state index contributed by atoms with van der Waals surface area (Å²) in [6.45, 7) is 1.98. The quantitative estimate of drug-likeness (QED) is 0.813. The number of hydrogen-bond acceptors (Lipinski definition) is 7. The molecular weight excluding hydrogens is 334 g/mol. The highest BCUT2D eigenvalue weighted by Gasteiger charge is 2.42. The van der Waals surface area contributed by atoms with Crippen LogP contribution in [-0.4, -0.2) is 51.5 Å². The molecule has 0 unspecified atom stereocenters. The number of thioether (sulfide) groups is 1. The molecule has 2 aliphatic rings. The predicted octanol–water partition coefficient (Wildman–Crippen LogP) is 2.28. The first-order valence-corrected chi connectivity index (χ1v) is 9.91. The molecule has 0 aromatic carbocycles. The Morgan fingerprint density at radius 3 is 2.64 bits per heavy atom. The van der Waals surface area contributed by atoms with Gasteiger partial charge in [0.05, 0.1) is 18.3 Å². The summed E-state index contributed by atoms with van der Waals surface area (Å²) in [5.74, 6) is 2.87. The van der Waals surface area contributed by atoms with E-state index in [1.54, 1.807) is 30.4 Å². The summed E-state index contributed by atoms with van der Waals surface area (Å²) in [4.78, 5) is 16.5. The molecule has 1 saturated carbocycles. The molecule has 25 heavy (non-hydrogen) atoms. The number of rotatable bonds is 4. The van der Waals surface area contributed by atoms with Crippen LogP contribution in [0.25, 0.3) is 0 Å². The molecule has 132 valence electrons. The van der Waals surface area contributed by atoms with Crippen molar-refractivity contribution in [1.29, 1.82) is 0 Å². The number of pyridine rings is 1. The van der Waals surface area contributed by atoms with Crippen molar-refractivity contribution in [2.24, 2.45) is 11.8 Å². The van der Waals surface area contributed by atoms with Crippen molar-refractivity contribution in [3.05, 3.63) is 36.9 Å². The molecule has 6 nitrogen and oxygen atoms in total. The van der Waals surface area contributed by atoms with Crippen LogP contribution in [0.3, 0.4) is 0 Å². The summed E-state index contributed by atoms with van der Waals surface area (Å²) in [6.07, 6.45) is 10.4. The summed E-state index contributed by atoms with van der Waals surface area (Å²) < 4.78 is 0. The van der Waals surface area contributed by atoms with E-state index in [0.29, 0.717) is 11.8 Å². The van der Waals surface area contributed by atoms with Gasteiger partial charge in [0.1, 0.15) is 11.6 Å².